The zero-order chi connectivity index (χ0) is 11.1. The quantitative estimate of drug-likeness (QED) is 0.708. The summed E-state index contributed by atoms with van der Waals surface area (Å²) >= 11 is 0. The molecule has 0 aromatic carbocycles. The molecular weight excluding hydrogens is 190 g/mol. The smallest absolute Gasteiger partial charge is 0.251 e. The van der Waals surface area contributed by atoms with Crippen LogP contribution in [0.2, 0.25) is 0 Å². The zero-order valence-electron chi connectivity index (χ0n) is 8.73. The van der Waals surface area contributed by atoms with E-state index in [1.165, 1.54) is 0 Å². The van der Waals surface area contributed by atoms with E-state index in [0.29, 0.717) is 18.7 Å². The molecule has 1 aromatic rings. The molecule has 0 bridgehead atoms. The number of carbonyl (C=O) groups is 1. The predicted octanol–water partition coefficient (Wildman–Crippen LogP) is 0.635. The first kappa shape index (κ1) is 11.4. The number of nitrogens with zero attached hydrogens (tertiary/aromatic N) is 1. The minimum Gasteiger partial charge on any atom is -0.349 e. The molecule has 1 heterocycles. The van der Waals surface area contributed by atoms with E-state index in [-0.39, 0.29) is 5.91 Å². The third-order valence-electron chi connectivity index (χ3n) is 1.84. The highest BCUT2D eigenvalue weighted by atomic mass is 16.1. The van der Waals surface area contributed by atoms with Crippen molar-refractivity contribution in [3.05, 3.63) is 41.7 Å². The SMILES string of the molecule is Cc1cc(C(=O)NC/C=C/CN)ccn1. The number of hydrogen-bond donors (Lipinski definition) is 2. The van der Waals surface area contributed by atoms with Gasteiger partial charge in [-0.2, -0.15) is 0 Å². The molecule has 1 aromatic heterocycles. The predicted molar refractivity (Wildman–Crippen MR) is 59.5 cm³/mol. The van der Waals surface area contributed by atoms with Gasteiger partial charge in [-0.25, -0.2) is 0 Å². The number of aryl methyl sites for hydroxylation is 1. The van der Waals surface area contributed by atoms with Gasteiger partial charge in [0.2, 0.25) is 0 Å². The minimum absolute atomic E-state index is 0.0952. The van der Waals surface area contributed by atoms with Gasteiger partial charge in [0.15, 0.2) is 0 Å². The number of rotatable bonds is 4. The molecule has 0 saturated heterocycles. The molecule has 4 nitrogen and oxygen atoms in total. The van der Waals surface area contributed by atoms with Crippen molar-refractivity contribution in [1.82, 2.24) is 10.3 Å². The maximum Gasteiger partial charge on any atom is 0.251 e. The van der Waals surface area contributed by atoms with Crippen LogP contribution in [0.25, 0.3) is 0 Å². The lowest BCUT2D eigenvalue weighted by Gasteiger charge is -2.02. The summed E-state index contributed by atoms with van der Waals surface area (Å²) in [5.41, 5.74) is 6.73. The average molecular weight is 205 g/mol. The highest BCUT2D eigenvalue weighted by Gasteiger charge is 2.03. The molecule has 0 unspecified atom stereocenters. The average Bonchev–Trinajstić information content (AvgIpc) is 2.24. The highest BCUT2D eigenvalue weighted by Crippen LogP contribution is 1.99. The van der Waals surface area contributed by atoms with Gasteiger partial charge in [-0.1, -0.05) is 12.2 Å². The minimum atomic E-state index is -0.0952. The fourth-order valence-electron chi connectivity index (χ4n) is 1.12. The van der Waals surface area contributed by atoms with Gasteiger partial charge in [0.05, 0.1) is 0 Å². The van der Waals surface area contributed by atoms with Gasteiger partial charge in [0.1, 0.15) is 0 Å². The topological polar surface area (TPSA) is 68.0 Å². The molecule has 0 aliphatic rings. The molecule has 0 aliphatic heterocycles. The first-order chi connectivity index (χ1) is 7.24. The first-order valence-corrected chi connectivity index (χ1v) is 4.80. The molecule has 0 aliphatic carbocycles. The van der Waals surface area contributed by atoms with Crippen LogP contribution in [0.3, 0.4) is 0 Å². The van der Waals surface area contributed by atoms with E-state index in [2.05, 4.69) is 10.3 Å². The summed E-state index contributed by atoms with van der Waals surface area (Å²) < 4.78 is 0. The van der Waals surface area contributed by atoms with Gasteiger partial charge < -0.3 is 11.1 Å². The van der Waals surface area contributed by atoms with E-state index in [0.717, 1.165) is 5.69 Å². The van der Waals surface area contributed by atoms with Crippen molar-refractivity contribution in [3.63, 3.8) is 0 Å². The molecule has 1 amide bonds. The maximum atomic E-state index is 11.6. The normalized spacial score (nSPS) is 10.5. The number of nitrogens with two attached hydrogens (primary N) is 1. The van der Waals surface area contributed by atoms with Crippen molar-refractivity contribution in [2.24, 2.45) is 5.73 Å². The second kappa shape index (κ2) is 5.93. The Balaban J connectivity index is 2.50. The van der Waals surface area contributed by atoms with Crippen LogP contribution in [0.1, 0.15) is 16.1 Å². The lowest BCUT2D eigenvalue weighted by molar-refractivity contribution is 0.0958. The Labute approximate surface area is 89.2 Å². The van der Waals surface area contributed by atoms with Crippen molar-refractivity contribution in [2.45, 2.75) is 6.92 Å². The van der Waals surface area contributed by atoms with Crippen LogP contribution in [0.4, 0.5) is 0 Å². The van der Waals surface area contributed by atoms with Crippen molar-refractivity contribution < 1.29 is 4.79 Å². The molecule has 3 N–H and O–H groups in total. The Morgan fingerprint density at radius 1 is 1.60 bits per heavy atom. The molecule has 0 saturated carbocycles. The summed E-state index contributed by atoms with van der Waals surface area (Å²) in [5, 5.41) is 2.75. The Bertz CT molecular complexity index is 361. The molecular formula is C11H15N3O. The van der Waals surface area contributed by atoms with Crippen LogP contribution in [0.15, 0.2) is 30.5 Å². The van der Waals surface area contributed by atoms with Crippen LogP contribution in [0, 0.1) is 6.92 Å². The van der Waals surface area contributed by atoms with Gasteiger partial charge in [-0.15, -0.1) is 0 Å². The highest BCUT2D eigenvalue weighted by molar-refractivity contribution is 5.94. The Kier molecular flexibility index (Phi) is 4.50. The molecule has 0 atom stereocenters. The lowest BCUT2D eigenvalue weighted by Crippen LogP contribution is -2.23. The number of carbonyl (C=O) groups excluding carboxylic acids is 1. The second-order valence-corrected chi connectivity index (χ2v) is 3.10. The van der Waals surface area contributed by atoms with E-state index in [1.54, 1.807) is 24.4 Å². The van der Waals surface area contributed by atoms with Gasteiger partial charge in [-0.05, 0) is 19.1 Å². The van der Waals surface area contributed by atoms with Crippen molar-refractivity contribution in [1.29, 1.82) is 0 Å². The van der Waals surface area contributed by atoms with Gasteiger partial charge in [-0.3, -0.25) is 9.78 Å². The van der Waals surface area contributed by atoms with Crippen LogP contribution < -0.4 is 11.1 Å². The number of pyridine rings is 1. The zero-order valence-corrected chi connectivity index (χ0v) is 8.73. The van der Waals surface area contributed by atoms with Crippen LogP contribution in [-0.4, -0.2) is 24.0 Å². The van der Waals surface area contributed by atoms with Crippen molar-refractivity contribution >= 4 is 5.91 Å². The molecule has 15 heavy (non-hydrogen) atoms. The second-order valence-electron chi connectivity index (χ2n) is 3.10. The molecule has 4 heteroatoms. The summed E-state index contributed by atoms with van der Waals surface area (Å²) in [6.07, 6.45) is 5.25. The van der Waals surface area contributed by atoms with E-state index < -0.39 is 0 Å². The molecule has 0 fully saturated rings. The first-order valence-electron chi connectivity index (χ1n) is 4.80. The number of hydrogen-bond acceptors (Lipinski definition) is 3. The lowest BCUT2D eigenvalue weighted by atomic mass is 10.2. The van der Waals surface area contributed by atoms with Crippen molar-refractivity contribution in [3.8, 4) is 0 Å². The van der Waals surface area contributed by atoms with E-state index in [9.17, 15) is 4.79 Å². The van der Waals surface area contributed by atoms with E-state index >= 15 is 0 Å². The van der Waals surface area contributed by atoms with Crippen LogP contribution >= 0.6 is 0 Å². The van der Waals surface area contributed by atoms with Gasteiger partial charge >= 0.3 is 0 Å². The number of nitrogens with one attached hydrogen (secondary N) is 1. The summed E-state index contributed by atoms with van der Waals surface area (Å²) in [6.45, 7) is 2.84. The van der Waals surface area contributed by atoms with Gasteiger partial charge in [0, 0.05) is 30.5 Å². The molecule has 80 valence electrons. The number of amides is 1. The van der Waals surface area contributed by atoms with E-state index in [4.69, 9.17) is 5.73 Å². The third-order valence-corrected chi connectivity index (χ3v) is 1.84. The maximum absolute atomic E-state index is 11.6. The van der Waals surface area contributed by atoms with Crippen LogP contribution in [0.5, 0.6) is 0 Å². The fourth-order valence-corrected chi connectivity index (χ4v) is 1.12. The molecule has 1 rings (SSSR count). The summed E-state index contributed by atoms with van der Waals surface area (Å²) in [7, 11) is 0. The summed E-state index contributed by atoms with van der Waals surface area (Å²) in [6, 6.07) is 3.44. The van der Waals surface area contributed by atoms with Crippen molar-refractivity contribution in [2.75, 3.05) is 13.1 Å². The Hall–Kier alpha value is -1.68. The van der Waals surface area contributed by atoms with Gasteiger partial charge in [0.25, 0.3) is 5.91 Å². The largest absolute Gasteiger partial charge is 0.349 e. The monoisotopic (exact) mass is 205 g/mol. The van der Waals surface area contributed by atoms with E-state index in [1.807, 2.05) is 13.0 Å². The number of aromatic nitrogens is 1. The Morgan fingerprint density at radius 3 is 3.07 bits per heavy atom. The van der Waals surface area contributed by atoms with Crippen LogP contribution in [-0.2, 0) is 0 Å². The summed E-state index contributed by atoms with van der Waals surface area (Å²) in [4.78, 5) is 15.6. The summed E-state index contributed by atoms with van der Waals surface area (Å²) in [5.74, 6) is -0.0952. The fraction of sp³-hybridized carbons (Fsp3) is 0.273. The molecule has 0 spiro atoms. The molecule has 0 radical (unpaired) electrons. The third kappa shape index (κ3) is 3.91. The standard InChI is InChI=1S/C11H15N3O/c1-9-8-10(4-7-13-9)11(15)14-6-3-2-5-12/h2-4,7-8H,5-6,12H2,1H3,(H,14,15)/b3-2+. The Morgan fingerprint density at radius 2 is 2.40 bits per heavy atom.